The molecule has 33 heavy (non-hydrogen) atoms. The maximum atomic E-state index is 12.8. The summed E-state index contributed by atoms with van der Waals surface area (Å²) < 4.78 is 19.4. The van der Waals surface area contributed by atoms with Crippen molar-refractivity contribution < 1.29 is 19.0 Å². The number of fused-ring (bicyclic) bond motifs is 2. The number of carbonyl (C=O) groups excluding carboxylic acids is 1. The Hall–Kier alpha value is -3.30. The number of para-hydroxylation sites is 1. The normalized spacial score (nSPS) is 14.0. The molecule has 0 aliphatic carbocycles. The van der Waals surface area contributed by atoms with Gasteiger partial charge in [-0.2, -0.15) is 0 Å². The standard InChI is InChI=1S/C24H20BrN3O4S/c1-12-11-28-17(9-14-13-7-5-6-8-16(13)26-23(14)29)20(27-24(28)33-12)15-10-18(30-2)21(31-3)22(32-4)19(15)25/h5-11H,1-4H3,(H,26,29)/b14-9-. The molecular formula is C24H20BrN3O4S. The molecule has 168 valence electrons. The van der Waals surface area contributed by atoms with Gasteiger partial charge in [0.1, 0.15) is 0 Å². The molecule has 0 spiro atoms. The van der Waals surface area contributed by atoms with E-state index in [1.54, 1.807) is 32.7 Å². The average Bonchev–Trinajstić information content (AvgIpc) is 3.44. The minimum atomic E-state index is -0.145. The molecule has 1 aliphatic heterocycles. The van der Waals surface area contributed by atoms with E-state index < -0.39 is 0 Å². The van der Waals surface area contributed by atoms with Crippen LogP contribution in [0.4, 0.5) is 5.69 Å². The zero-order valence-electron chi connectivity index (χ0n) is 18.4. The van der Waals surface area contributed by atoms with Crippen molar-refractivity contribution in [2.24, 2.45) is 0 Å². The number of nitrogens with one attached hydrogen (secondary N) is 1. The van der Waals surface area contributed by atoms with Gasteiger partial charge in [0.05, 0.1) is 42.8 Å². The van der Waals surface area contributed by atoms with Gasteiger partial charge in [-0.3, -0.25) is 9.20 Å². The largest absolute Gasteiger partial charge is 0.493 e. The minimum Gasteiger partial charge on any atom is -0.493 e. The number of nitrogens with zero attached hydrogens (tertiary/aromatic N) is 2. The number of aromatic nitrogens is 2. The van der Waals surface area contributed by atoms with E-state index in [1.807, 2.05) is 53.9 Å². The molecule has 7 nitrogen and oxygen atoms in total. The molecule has 0 unspecified atom stereocenters. The molecule has 9 heteroatoms. The van der Waals surface area contributed by atoms with Crippen LogP contribution in [0.1, 0.15) is 16.1 Å². The van der Waals surface area contributed by atoms with E-state index >= 15 is 0 Å². The Bertz CT molecular complexity index is 1450. The highest BCUT2D eigenvalue weighted by molar-refractivity contribution is 9.10. The molecule has 0 saturated carbocycles. The van der Waals surface area contributed by atoms with Gasteiger partial charge in [-0.25, -0.2) is 4.98 Å². The summed E-state index contributed by atoms with van der Waals surface area (Å²) >= 11 is 5.25. The first kappa shape index (κ1) is 21.5. The fraction of sp³-hybridized carbons (Fsp3) is 0.167. The van der Waals surface area contributed by atoms with E-state index in [9.17, 15) is 4.79 Å². The number of halogens is 1. The van der Waals surface area contributed by atoms with Gasteiger partial charge >= 0.3 is 0 Å². The van der Waals surface area contributed by atoms with Crippen molar-refractivity contribution in [3.63, 3.8) is 0 Å². The van der Waals surface area contributed by atoms with Crippen LogP contribution < -0.4 is 19.5 Å². The lowest BCUT2D eigenvalue weighted by Crippen LogP contribution is -2.04. The number of hydrogen-bond acceptors (Lipinski definition) is 6. The van der Waals surface area contributed by atoms with Crippen molar-refractivity contribution >= 4 is 55.5 Å². The number of methoxy groups -OCH3 is 3. The Balaban J connectivity index is 1.80. The molecular weight excluding hydrogens is 506 g/mol. The van der Waals surface area contributed by atoms with Gasteiger partial charge in [-0.05, 0) is 41.1 Å². The predicted octanol–water partition coefficient (Wildman–Crippen LogP) is 5.65. The number of carbonyl (C=O) groups is 1. The van der Waals surface area contributed by atoms with Gasteiger partial charge < -0.3 is 19.5 Å². The number of amides is 1. The second-order valence-corrected chi connectivity index (χ2v) is 9.41. The van der Waals surface area contributed by atoms with Gasteiger partial charge in [0.15, 0.2) is 16.5 Å². The van der Waals surface area contributed by atoms with Crippen molar-refractivity contribution in [3.05, 3.63) is 57.1 Å². The molecule has 2 aromatic heterocycles. The van der Waals surface area contributed by atoms with Crippen LogP contribution in [0, 0.1) is 6.92 Å². The molecule has 0 radical (unpaired) electrons. The molecule has 1 N–H and O–H groups in total. The highest BCUT2D eigenvalue weighted by Gasteiger charge is 2.27. The van der Waals surface area contributed by atoms with Crippen LogP contribution >= 0.6 is 27.3 Å². The smallest absolute Gasteiger partial charge is 0.256 e. The number of anilines is 1. The number of hydrogen-bond donors (Lipinski definition) is 1. The SMILES string of the molecule is COc1cc(-c2nc3sc(C)cn3c2/C=C2\C(=O)Nc3ccccc32)c(Br)c(OC)c1OC. The highest BCUT2D eigenvalue weighted by atomic mass is 79.9. The van der Waals surface area contributed by atoms with E-state index in [0.717, 1.165) is 32.3 Å². The van der Waals surface area contributed by atoms with E-state index in [2.05, 4.69) is 21.2 Å². The number of thiazole rings is 1. The third-order valence-corrected chi connectivity index (χ3v) is 7.18. The molecule has 5 rings (SSSR count). The quantitative estimate of drug-likeness (QED) is 0.340. The molecule has 1 aliphatic rings. The van der Waals surface area contributed by atoms with Gasteiger partial charge in [0.25, 0.3) is 5.91 Å². The summed E-state index contributed by atoms with van der Waals surface area (Å²) in [6.45, 7) is 2.03. The molecule has 0 fully saturated rings. The fourth-order valence-electron chi connectivity index (χ4n) is 4.02. The Morgan fingerprint density at radius 2 is 1.85 bits per heavy atom. The van der Waals surface area contributed by atoms with Crippen LogP contribution in [0.25, 0.3) is 27.9 Å². The lowest BCUT2D eigenvalue weighted by Gasteiger charge is -2.16. The van der Waals surface area contributed by atoms with Crippen molar-refractivity contribution in [1.29, 1.82) is 0 Å². The average molecular weight is 526 g/mol. The maximum Gasteiger partial charge on any atom is 0.256 e. The van der Waals surface area contributed by atoms with E-state index in [0.29, 0.717) is 33.0 Å². The topological polar surface area (TPSA) is 74.1 Å². The van der Waals surface area contributed by atoms with Crippen LogP contribution in [-0.2, 0) is 4.79 Å². The van der Waals surface area contributed by atoms with Crippen LogP contribution in [0.2, 0.25) is 0 Å². The summed E-state index contributed by atoms with van der Waals surface area (Å²) in [7, 11) is 4.71. The summed E-state index contributed by atoms with van der Waals surface area (Å²) in [6, 6.07) is 9.51. The number of benzene rings is 2. The summed E-state index contributed by atoms with van der Waals surface area (Å²) in [4.78, 5) is 19.7. The van der Waals surface area contributed by atoms with E-state index in [1.165, 1.54) is 0 Å². The number of aryl methyl sites for hydroxylation is 1. The first-order valence-electron chi connectivity index (χ1n) is 10.1. The second kappa shape index (κ2) is 8.24. The maximum absolute atomic E-state index is 12.8. The second-order valence-electron chi connectivity index (χ2n) is 7.40. The fourth-order valence-corrected chi connectivity index (χ4v) is 5.50. The van der Waals surface area contributed by atoms with Crippen molar-refractivity contribution in [3.8, 4) is 28.5 Å². The Kier molecular flexibility index (Phi) is 5.38. The van der Waals surface area contributed by atoms with Gasteiger partial charge in [0.2, 0.25) is 5.75 Å². The molecule has 3 heterocycles. The lowest BCUT2D eigenvalue weighted by atomic mass is 10.0. The summed E-state index contributed by atoms with van der Waals surface area (Å²) in [6.07, 6.45) is 3.91. The summed E-state index contributed by atoms with van der Waals surface area (Å²) in [5.41, 5.74) is 4.48. The highest BCUT2D eigenvalue weighted by Crippen LogP contribution is 2.49. The first-order valence-corrected chi connectivity index (χ1v) is 11.7. The zero-order chi connectivity index (χ0) is 23.3. The molecule has 1 amide bonds. The Morgan fingerprint density at radius 1 is 1.09 bits per heavy atom. The van der Waals surface area contributed by atoms with E-state index in [-0.39, 0.29) is 5.91 Å². The van der Waals surface area contributed by atoms with Crippen LogP contribution in [-0.4, -0.2) is 36.6 Å². The summed E-state index contributed by atoms with van der Waals surface area (Å²) in [5, 5.41) is 2.94. The van der Waals surface area contributed by atoms with Gasteiger partial charge in [0, 0.05) is 27.9 Å². The third kappa shape index (κ3) is 3.39. The molecule has 0 saturated heterocycles. The minimum absolute atomic E-state index is 0.145. The van der Waals surface area contributed by atoms with E-state index in [4.69, 9.17) is 19.2 Å². The van der Waals surface area contributed by atoms with Crippen molar-refractivity contribution in [1.82, 2.24) is 9.38 Å². The number of rotatable bonds is 5. The third-order valence-electron chi connectivity index (χ3n) is 5.49. The number of imidazole rings is 1. The van der Waals surface area contributed by atoms with Crippen molar-refractivity contribution in [2.75, 3.05) is 26.6 Å². The van der Waals surface area contributed by atoms with Crippen LogP contribution in [0.15, 0.2) is 41.0 Å². The van der Waals surface area contributed by atoms with Crippen LogP contribution in [0.3, 0.4) is 0 Å². The Labute approximate surface area is 202 Å². The van der Waals surface area contributed by atoms with Crippen molar-refractivity contribution in [2.45, 2.75) is 6.92 Å². The van der Waals surface area contributed by atoms with Crippen LogP contribution in [0.5, 0.6) is 17.2 Å². The number of ether oxygens (including phenoxy) is 3. The summed E-state index contributed by atoms with van der Waals surface area (Å²) in [5.74, 6) is 1.36. The van der Waals surface area contributed by atoms with Gasteiger partial charge in [-0.1, -0.05) is 18.2 Å². The monoisotopic (exact) mass is 525 g/mol. The van der Waals surface area contributed by atoms with Gasteiger partial charge in [-0.15, -0.1) is 11.3 Å². The predicted molar refractivity (Wildman–Crippen MR) is 134 cm³/mol. The molecule has 2 aromatic carbocycles. The lowest BCUT2D eigenvalue weighted by molar-refractivity contribution is -0.110. The molecule has 4 aromatic rings. The molecule has 0 bridgehead atoms. The zero-order valence-corrected chi connectivity index (χ0v) is 20.8. The first-order chi connectivity index (χ1) is 16.0. The molecule has 0 atom stereocenters. The Morgan fingerprint density at radius 3 is 2.58 bits per heavy atom.